The van der Waals surface area contributed by atoms with Crippen molar-refractivity contribution in [3.63, 3.8) is 0 Å². The minimum absolute atomic E-state index is 0.0116. The Morgan fingerprint density at radius 1 is 0.833 bits per heavy atom. The molecule has 2 heterocycles. The highest BCUT2D eigenvalue weighted by Crippen LogP contribution is 2.29. The monoisotopic (exact) mass is 432 g/mol. The van der Waals surface area contributed by atoms with Gasteiger partial charge in [0.1, 0.15) is 11.4 Å². The SMILES string of the molecule is O=C(CSc1nnc(-c2ccccc2)c(-c2ccccc2)n1)NC(=O)c1cccs1. The van der Waals surface area contributed by atoms with Gasteiger partial charge < -0.3 is 0 Å². The molecule has 0 unspecified atom stereocenters. The maximum Gasteiger partial charge on any atom is 0.267 e. The van der Waals surface area contributed by atoms with Gasteiger partial charge in [-0.2, -0.15) is 0 Å². The summed E-state index contributed by atoms with van der Waals surface area (Å²) in [5.41, 5.74) is 3.18. The van der Waals surface area contributed by atoms with Crippen LogP contribution in [0.25, 0.3) is 22.5 Å². The lowest BCUT2D eigenvalue weighted by atomic mass is 10.0. The number of benzene rings is 2. The third kappa shape index (κ3) is 4.79. The van der Waals surface area contributed by atoms with E-state index in [1.165, 1.54) is 11.3 Å². The Bertz CT molecular complexity index is 1150. The third-order valence-corrected chi connectivity index (χ3v) is 5.80. The van der Waals surface area contributed by atoms with E-state index in [0.717, 1.165) is 22.9 Å². The largest absolute Gasteiger partial charge is 0.291 e. The van der Waals surface area contributed by atoms with Crippen LogP contribution in [0.3, 0.4) is 0 Å². The lowest BCUT2D eigenvalue weighted by Gasteiger charge is -2.09. The summed E-state index contributed by atoms with van der Waals surface area (Å²) in [6.07, 6.45) is 0. The number of thioether (sulfide) groups is 1. The Hall–Kier alpha value is -3.36. The molecule has 30 heavy (non-hydrogen) atoms. The van der Waals surface area contributed by atoms with Crippen molar-refractivity contribution < 1.29 is 9.59 Å². The minimum atomic E-state index is -0.407. The molecular formula is C22H16N4O2S2. The van der Waals surface area contributed by atoms with E-state index in [9.17, 15) is 9.59 Å². The molecule has 0 fully saturated rings. The first-order chi connectivity index (χ1) is 14.7. The highest BCUT2D eigenvalue weighted by molar-refractivity contribution is 7.99. The van der Waals surface area contributed by atoms with Gasteiger partial charge in [-0.1, -0.05) is 78.5 Å². The lowest BCUT2D eigenvalue weighted by molar-refractivity contribution is -0.117. The molecule has 0 atom stereocenters. The van der Waals surface area contributed by atoms with E-state index >= 15 is 0 Å². The fraction of sp³-hybridized carbons (Fsp3) is 0.0455. The molecule has 0 saturated heterocycles. The van der Waals surface area contributed by atoms with E-state index in [2.05, 4.69) is 20.5 Å². The minimum Gasteiger partial charge on any atom is -0.291 e. The highest BCUT2D eigenvalue weighted by Gasteiger charge is 2.16. The van der Waals surface area contributed by atoms with Crippen LogP contribution in [-0.2, 0) is 4.79 Å². The van der Waals surface area contributed by atoms with Crippen molar-refractivity contribution in [3.8, 4) is 22.5 Å². The number of hydrogen-bond acceptors (Lipinski definition) is 7. The van der Waals surface area contributed by atoms with Gasteiger partial charge in [-0.25, -0.2) is 4.98 Å². The maximum absolute atomic E-state index is 12.1. The summed E-state index contributed by atoms with van der Waals surface area (Å²) in [6, 6.07) is 22.9. The van der Waals surface area contributed by atoms with Crippen molar-refractivity contribution in [2.75, 3.05) is 5.75 Å². The maximum atomic E-state index is 12.1. The molecule has 6 nitrogen and oxygen atoms in total. The number of nitrogens with zero attached hydrogens (tertiary/aromatic N) is 3. The molecule has 0 radical (unpaired) electrons. The second-order valence-electron chi connectivity index (χ2n) is 6.17. The van der Waals surface area contributed by atoms with E-state index in [1.807, 2.05) is 60.7 Å². The van der Waals surface area contributed by atoms with E-state index in [1.54, 1.807) is 17.5 Å². The van der Waals surface area contributed by atoms with Crippen molar-refractivity contribution in [1.82, 2.24) is 20.5 Å². The lowest BCUT2D eigenvalue weighted by Crippen LogP contribution is -2.31. The zero-order valence-corrected chi connectivity index (χ0v) is 17.3. The first kappa shape index (κ1) is 19.9. The van der Waals surface area contributed by atoms with Crippen LogP contribution in [0, 0.1) is 0 Å². The quantitative estimate of drug-likeness (QED) is 0.457. The molecule has 2 aromatic carbocycles. The standard InChI is InChI=1S/C22H16N4O2S2/c27-18(23-21(28)17-12-7-13-29-17)14-30-22-24-19(15-8-3-1-4-9-15)20(25-26-22)16-10-5-2-6-11-16/h1-13H,14H2,(H,23,27,28). The Morgan fingerprint density at radius 3 is 2.13 bits per heavy atom. The van der Waals surface area contributed by atoms with Gasteiger partial charge in [-0.05, 0) is 11.4 Å². The molecule has 0 bridgehead atoms. The summed E-state index contributed by atoms with van der Waals surface area (Å²) in [4.78, 5) is 29.3. The molecule has 0 spiro atoms. The molecule has 2 aromatic heterocycles. The molecule has 1 N–H and O–H groups in total. The van der Waals surface area contributed by atoms with E-state index < -0.39 is 11.8 Å². The van der Waals surface area contributed by atoms with Gasteiger partial charge in [-0.15, -0.1) is 21.5 Å². The number of aromatic nitrogens is 3. The second kappa shape index (κ2) is 9.43. The average molecular weight is 433 g/mol. The summed E-state index contributed by atoms with van der Waals surface area (Å²) in [6.45, 7) is 0. The summed E-state index contributed by atoms with van der Waals surface area (Å²) in [5.74, 6) is -0.799. The van der Waals surface area contributed by atoms with Crippen molar-refractivity contribution in [1.29, 1.82) is 0 Å². The van der Waals surface area contributed by atoms with Crippen molar-refractivity contribution >= 4 is 34.9 Å². The fourth-order valence-corrected chi connectivity index (χ4v) is 3.93. The first-order valence-electron chi connectivity index (χ1n) is 9.07. The molecule has 8 heteroatoms. The molecule has 4 rings (SSSR count). The molecule has 0 aliphatic rings. The summed E-state index contributed by atoms with van der Waals surface area (Å²) in [5, 5.41) is 13.1. The zero-order valence-electron chi connectivity index (χ0n) is 15.7. The number of hydrogen-bond donors (Lipinski definition) is 1. The molecule has 0 aliphatic heterocycles. The van der Waals surface area contributed by atoms with Gasteiger partial charge in [0.25, 0.3) is 5.91 Å². The van der Waals surface area contributed by atoms with Crippen LogP contribution < -0.4 is 5.32 Å². The van der Waals surface area contributed by atoms with Gasteiger partial charge in [0.05, 0.1) is 10.6 Å². The molecule has 0 saturated carbocycles. The number of thiophene rings is 1. The van der Waals surface area contributed by atoms with Crippen LogP contribution in [-0.4, -0.2) is 32.7 Å². The second-order valence-corrected chi connectivity index (χ2v) is 8.06. The van der Waals surface area contributed by atoms with Gasteiger partial charge in [0.2, 0.25) is 11.1 Å². The van der Waals surface area contributed by atoms with E-state index in [0.29, 0.717) is 21.4 Å². The molecule has 4 aromatic rings. The predicted octanol–water partition coefficient (Wildman–Crippen LogP) is 4.32. The van der Waals surface area contributed by atoms with Crippen LogP contribution in [0.2, 0.25) is 0 Å². The molecule has 0 aliphatic carbocycles. The highest BCUT2D eigenvalue weighted by atomic mass is 32.2. The van der Waals surface area contributed by atoms with Crippen molar-refractivity contribution in [2.24, 2.45) is 0 Å². The topological polar surface area (TPSA) is 84.8 Å². The Kier molecular flexibility index (Phi) is 6.26. The van der Waals surface area contributed by atoms with Crippen LogP contribution in [0.5, 0.6) is 0 Å². The van der Waals surface area contributed by atoms with E-state index in [-0.39, 0.29) is 5.75 Å². The smallest absolute Gasteiger partial charge is 0.267 e. The number of imide groups is 1. The number of carbonyl (C=O) groups excluding carboxylic acids is 2. The molecular weight excluding hydrogens is 416 g/mol. The Balaban J connectivity index is 1.53. The summed E-state index contributed by atoms with van der Waals surface area (Å²) < 4.78 is 0. The van der Waals surface area contributed by atoms with Crippen LogP contribution in [0.15, 0.2) is 83.3 Å². The Labute approximate surface area is 181 Å². The normalized spacial score (nSPS) is 10.5. The number of amides is 2. The zero-order chi connectivity index (χ0) is 20.8. The number of rotatable bonds is 6. The molecule has 2 amide bonds. The van der Waals surface area contributed by atoms with Gasteiger partial charge >= 0.3 is 0 Å². The third-order valence-electron chi connectivity index (χ3n) is 4.09. The van der Waals surface area contributed by atoms with Crippen molar-refractivity contribution in [3.05, 3.63) is 83.1 Å². The van der Waals surface area contributed by atoms with Crippen LogP contribution in [0.4, 0.5) is 0 Å². The predicted molar refractivity (Wildman–Crippen MR) is 118 cm³/mol. The average Bonchev–Trinajstić information content (AvgIpc) is 3.34. The number of nitrogens with one attached hydrogen (secondary N) is 1. The van der Waals surface area contributed by atoms with Crippen LogP contribution in [0.1, 0.15) is 9.67 Å². The molecule has 148 valence electrons. The number of carbonyl (C=O) groups is 2. The van der Waals surface area contributed by atoms with Gasteiger partial charge in [0.15, 0.2) is 0 Å². The summed E-state index contributed by atoms with van der Waals surface area (Å²) in [7, 11) is 0. The fourth-order valence-electron chi connectivity index (χ4n) is 2.72. The van der Waals surface area contributed by atoms with Crippen molar-refractivity contribution in [2.45, 2.75) is 5.16 Å². The van der Waals surface area contributed by atoms with E-state index in [4.69, 9.17) is 0 Å². The van der Waals surface area contributed by atoms with Gasteiger partial charge in [0, 0.05) is 11.1 Å². The van der Waals surface area contributed by atoms with Gasteiger partial charge in [-0.3, -0.25) is 14.9 Å². The first-order valence-corrected chi connectivity index (χ1v) is 10.9. The summed E-state index contributed by atoms with van der Waals surface area (Å²) >= 11 is 2.42. The van der Waals surface area contributed by atoms with Crippen LogP contribution >= 0.6 is 23.1 Å². The Morgan fingerprint density at radius 2 is 1.50 bits per heavy atom.